The van der Waals surface area contributed by atoms with Crippen LogP contribution in [0.5, 0.6) is 0 Å². The summed E-state index contributed by atoms with van der Waals surface area (Å²) in [4.78, 5) is 11.2. The highest BCUT2D eigenvalue weighted by Crippen LogP contribution is 2.22. The van der Waals surface area contributed by atoms with E-state index in [2.05, 4.69) is 35.4 Å². The van der Waals surface area contributed by atoms with Gasteiger partial charge in [0.1, 0.15) is 17.2 Å². The maximum atomic E-state index is 5.79. The third kappa shape index (κ3) is 3.30. The summed E-state index contributed by atoms with van der Waals surface area (Å²) in [6.45, 7) is 4.02. The van der Waals surface area contributed by atoms with E-state index < -0.39 is 0 Å². The second-order valence-electron chi connectivity index (χ2n) is 6.00. The van der Waals surface area contributed by atoms with Crippen LogP contribution in [-0.2, 0) is 0 Å². The largest absolute Gasteiger partial charge is 0.355 e. The van der Waals surface area contributed by atoms with Crippen LogP contribution in [0.25, 0.3) is 11.4 Å². The summed E-state index contributed by atoms with van der Waals surface area (Å²) < 4.78 is 1.73. The minimum atomic E-state index is -0.110. The summed E-state index contributed by atoms with van der Waals surface area (Å²) in [6, 6.07) is 3.43. The molecule has 8 nitrogen and oxygen atoms in total. The van der Waals surface area contributed by atoms with Crippen LogP contribution < -0.4 is 4.90 Å². The normalized spacial score (nSPS) is 15.5. The number of halogens is 1. The van der Waals surface area contributed by atoms with Gasteiger partial charge >= 0.3 is 0 Å². The van der Waals surface area contributed by atoms with Gasteiger partial charge < -0.3 is 4.90 Å². The lowest BCUT2D eigenvalue weighted by molar-refractivity contribution is 0.526. The molecule has 1 unspecified atom stereocenters. The molecular weight excluding hydrogens is 340 g/mol. The van der Waals surface area contributed by atoms with Crippen LogP contribution >= 0.6 is 11.6 Å². The minimum absolute atomic E-state index is 0.110. The molecule has 25 heavy (non-hydrogen) atoms. The Morgan fingerprint density at radius 2 is 1.88 bits per heavy atom. The fourth-order valence-electron chi connectivity index (χ4n) is 2.85. The Hall–Kier alpha value is -2.61. The fraction of sp³-hybridized carbons (Fsp3) is 0.375. The molecule has 0 N–H and O–H groups in total. The Bertz CT molecular complexity index is 857. The molecule has 0 bridgehead atoms. The van der Waals surface area contributed by atoms with E-state index in [4.69, 9.17) is 11.6 Å². The molecule has 1 aliphatic heterocycles. The van der Waals surface area contributed by atoms with Crippen molar-refractivity contribution in [3.8, 4) is 11.4 Å². The van der Waals surface area contributed by atoms with Crippen molar-refractivity contribution in [3.63, 3.8) is 0 Å². The first kappa shape index (κ1) is 15.9. The molecule has 0 saturated carbocycles. The van der Waals surface area contributed by atoms with Crippen molar-refractivity contribution in [3.05, 3.63) is 41.6 Å². The molecule has 0 radical (unpaired) electrons. The highest BCUT2D eigenvalue weighted by atomic mass is 35.5. The number of rotatable bonds is 4. The van der Waals surface area contributed by atoms with Gasteiger partial charge in [-0.25, -0.2) is 9.67 Å². The number of hydrogen-bond acceptors (Lipinski definition) is 7. The highest BCUT2D eigenvalue weighted by Gasteiger charge is 2.17. The molecule has 4 heterocycles. The van der Waals surface area contributed by atoms with E-state index in [0.29, 0.717) is 16.5 Å². The van der Waals surface area contributed by atoms with Crippen LogP contribution in [0.3, 0.4) is 0 Å². The predicted molar refractivity (Wildman–Crippen MR) is 93.4 cm³/mol. The van der Waals surface area contributed by atoms with Gasteiger partial charge in [-0.3, -0.25) is 4.98 Å². The summed E-state index contributed by atoms with van der Waals surface area (Å²) >= 11 is 5.79. The quantitative estimate of drug-likeness (QED) is 0.709. The number of anilines is 1. The van der Waals surface area contributed by atoms with Crippen molar-refractivity contribution < 1.29 is 0 Å². The lowest BCUT2D eigenvalue weighted by Gasteiger charge is -2.15. The van der Waals surface area contributed by atoms with Crippen LogP contribution in [0.2, 0.25) is 5.15 Å². The van der Waals surface area contributed by atoms with E-state index in [9.17, 15) is 0 Å². The maximum absolute atomic E-state index is 5.79. The summed E-state index contributed by atoms with van der Waals surface area (Å²) in [5.74, 6) is 0.890. The first-order valence-electron chi connectivity index (χ1n) is 8.19. The lowest BCUT2D eigenvalue weighted by Crippen LogP contribution is -2.19. The molecular formula is C16H17ClN8. The number of aromatic nitrogens is 7. The van der Waals surface area contributed by atoms with Crippen LogP contribution in [-0.4, -0.2) is 48.2 Å². The van der Waals surface area contributed by atoms with Gasteiger partial charge in [0.25, 0.3) is 0 Å². The Morgan fingerprint density at radius 3 is 2.64 bits per heavy atom. The molecule has 0 aromatic carbocycles. The van der Waals surface area contributed by atoms with E-state index in [-0.39, 0.29) is 6.04 Å². The van der Waals surface area contributed by atoms with E-state index in [0.717, 1.165) is 24.6 Å². The minimum Gasteiger partial charge on any atom is -0.355 e. The molecule has 3 aromatic heterocycles. The Balaban J connectivity index is 1.58. The first-order chi connectivity index (χ1) is 12.2. The summed E-state index contributed by atoms with van der Waals surface area (Å²) in [5.41, 5.74) is 2.16. The third-order valence-corrected chi connectivity index (χ3v) is 4.50. The van der Waals surface area contributed by atoms with E-state index in [1.54, 1.807) is 23.1 Å². The topological polar surface area (TPSA) is 85.5 Å². The molecule has 0 spiro atoms. The lowest BCUT2D eigenvalue weighted by atomic mass is 10.2. The fourth-order valence-corrected chi connectivity index (χ4v) is 2.95. The molecule has 1 aliphatic rings. The zero-order chi connectivity index (χ0) is 17.2. The van der Waals surface area contributed by atoms with Crippen LogP contribution in [0, 0.1) is 0 Å². The van der Waals surface area contributed by atoms with Gasteiger partial charge in [-0.15, -0.1) is 10.2 Å². The van der Waals surface area contributed by atoms with Gasteiger partial charge in [-0.05, 0) is 31.9 Å². The summed E-state index contributed by atoms with van der Waals surface area (Å²) in [6.07, 6.45) is 7.74. The second-order valence-corrected chi connectivity index (χ2v) is 6.38. The molecule has 0 aliphatic carbocycles. The number of nitrogens with zero attached hydrogens (tertiary/aromatic N) is 8. The molecule has 4 rings (SSSR count). The molecule has 0 amide bonds. The van der Waals surface area contributed by atoms with Gasteiger partial charge in [-0.1, -0.05) is 16.8 Å². The van der Waals surface area contributed by atoms with Crippen LogP contribution in [0.15, 0.2) is 30.7 Å². The van der Waals surface area contributed by atoms with Gasteiger partial charge in [-0.2, -0.15) is 5.10 Å². The van der Waals surface area contributed by atoms with E-state index in [1.165, 1.54) is 12.8 Å². The Morgan fingerprint density at radius 1 is 1.04 bits per heavy atom. The zero-order valence-corrected chi connectivity index (χ0v) is 14.5. The second kappa shape index (κ2) is 6.72. The molecule has 9 heteroatoms. The van der Waals surface area contributed by atoms with Gasteiger partial charge in [0.15, 0.2) is 5.15 Å². The van der Waals surface area contributed by atoms with E-state index in [1.807, 2.05) is 19.2 Å². The van der Waals surface area contributed by atoms with Crippen LogP contribution in [0.1, 0.15) is 31.5 Å². The zero-order valence-electron chi connectivity index (χ0n) is 13.7. The molecule has 128 valence electrons. The average molecular weight is 357 g/mol. The monoisotopic (exact) mass is 356 g/mol. The van der Waals surface area contributed by atoms with Crippen molar-refractivity contribution in [2.24, 2.45) is 0 Å². The molecule has 1 atom stereocenters. The summed E-state index contributed by atoms with van der Waals surface area (Å²) in [5, 5.41) is 16.8. The smallest absolute Gasteiger partial charge is 0.151 e. The molecule has 1 fully saturated rings. The van der Waals surface area contributed by atoms with Crippen LogP contribution in [0.4, 0.5) is 5.82 Å². The molecule has 3 aromatic rings. The van der Waals surface area contributed by atoms with Crippen molar-refractivity contribution in [1.82, 2.24) is 35.2 Å². The number of hydrogen-bond donors (Lipinski definition) is 0. The standard InChI is InChI=1S/C16H17ClN8/c1-11(12-4-5-15(17)22-20-12)25-10-14(21-23-25)13-8-18-9-16(19-13)24-6-2-3-7-24/h4-5,8-11H,2-3,6-7H2,1H3. The first-order valence-corrected chi connectivity index (χ1v) is 8.57. The van der Waals surface area contributed by atoms with Crippen molar-refractivity contribution in [2.75, 3.05) is 18.0 Å². The van der Waals surface area contributed by atoms with Crippen molar-refractivity contribution in [2.45, 2.75) is 25.8 Å². The molecule has 1 saturated heterocycles. The third-order valence-electron chi connectivity index (χ3n) is 4.30. The van der Waals surface area contributed by atoms with E-state index >= 15 is 0 Å². The summed E-state index contributed by atoms with van der Waals surface area (Å²) in [7, 11) is 0. The van der Waals surface area contributed by atoms with Crippen molar-refractivity contribution in [1.29, 1.82) is 0 Å². The van der Waals surface area contributed by atoms with Gasteiger partial charge in [0, 0.05) is 13.1 Å². The highest BCUT2D eigenvalue weighted by molar-refractivity contribution is 6.29. The Kier molecular flexibility index (Phi) is 4.27. The van der Waals surface area contributed by atoms with Crippen molar-refractivity contribution >= 4 is 17.4 Å². The predicted octanol–water partition coefficient (Wildman–Crippen LogP) is 2.39. The average Bonchev–Trinajstić information content (AvgIpc) is 3.34. The van der Waals surface area contributed by atoms with Gasteiger partial charge in [0.2, 0.25) is 0 Å². The maximum Gasteiger partial charge on any atom is 0.151 e. The van der Waals surface area contributed by atoms with Gasteiger partial charge in [0.05, 0.1) is 30.3 Å². The SMILES string of the molecule is CC(c1ccc(Cl)nn1)n1cc(-c2cncc(N3CCCC3)n2)nn1. The Labute approximate surface area is 149 Å².